The lowest BCUT2D eigenvalue weighted by molar-refractivity contribution is -0.124. The van der Waals surface area contributed by atoms with Crippen molar-refractivity contribution < 1.29 is 32.6 Å². The van der Waals surface area contributed by atoms with Crippen LogP contribution in [0.5, 0.6) is 5.75 Å². The van der Waals surface area contributed by atoms with Gasteiger partial charge in [-0.05, 0) is 46.3 Å². The normalized spacial score (nSPS) is 16.5. The van der Waals surface area contributed by atoms with Gasteiger partial charge in [0, 0.05) is 38.4 Å². The fourth-order valence-corrected chi connectivity index (χ4v) is 6.51. The number of aldehydes is 1. The SMILES string of the molecule is COc1ccc(CO[C@@H](C[C@H](OC)[C@@H](C)C=O)C(C)(C)[C@H](Cc2nc([C@H](C/C=C/I)OC)co2)O[Si](C)(C)C(C)(C)C)cc1. The van der Waals surface area contributed by atoms with Crippen LogP contribution in [-0.4, -0.2) is 59.2 Å². The van der Waals surface area contributed by atoms with E-state index in [1.165, 1.54) is 0 Å². The maximum absolute atomic E-state index is 11.8. The average Bonchev–Trinajstić information content (AvgIpc) is 3.44. The van der Waals surface area contributed by atoms with Crippen LogP contribution in [0.2, 0.25) is 18.1 Å². The summed E-state index contributed by atoms with van der Waals surface area (Å²) in [5.74, 6) is 1.09. The van der Waals surface area contributed by atoms with Gasteiger partial charge in [0.2, 0.25) is 0 Å². The van der Waals surface area contributed by atoms with Gasteiger partial charge in [0.25, 0.3) is 0 Å². The number of carbonyl (C=O) groups excluding carboxylic acids is 1. The summed E-state index contributed by atoms with van der Waals surface area (Å²) in [6.45, 7) is 17.8. The Morgan fingerprint density at radius 2 is 1.68 bits per heavy atom. The van der Waals surface area contributed by atoms with E-state index in [9.17, 15) is 4.79 Å². The van der Waals surface area contributed by atoms with E-state index in [-0.39, 0.29) is 35.4 Å². The van der Waals surface area contributed by atoms with Crippen molar-refractivity contribution in [2.75, 3.05) is 21.3 Å². The first-order chi connectivity index (χ1) is 20.6. The molecule has 0 unspecified atom stereocenters. The van der Waals surface area contributed by atoms with E-state index in [0.29, 0.717) is 31.8 Å². The molecule has 1 aromatic heterocycles. The molecule has 0 aliphatic heterocycles. The molecule has 44 heavy (non-hydrogen) atoms. The Kier molecular flexibility index (Phi) is 15.2. The van der Waals surface area contributed by atoms with E-state index >= 15 is 0 Å². The fourth-order valence-electron chi connectivity index (χ4n) is 4.76. The number of carbonyl (C=O) groups is 1. The van der Waals surface area contributed by atoms with Crippen molar-refractivity contribution in [3.8, 4) is 5.75 Å². The average molecular weight is 744 g/mol. The number of hydrogen-bond donors (Lipinski definition) is 0. The maximum atomic E-state index is 11.8. The molecule has 8 nitrogen and oxygen atoms in total. The number of ether oxygens (including phenoxy) is 4. The lowest BCUT2D eigenvalue weighted by Crippen LogP contribution is -2.53. The van der Waals surface area contributed by atoms with Gasteiger partial charge in [0.1, 0.15) is 30.1 Å². The van der Waals surface area contributed by atoms with Crippen LogP contribution in [-0.2, 0) is 36.5 Å². The van der Waals surface area contributed by atoms with Crippen LogP contribution >= 0.6 is 22.6 Å². The lowest BCUT2D eigenvalue weighted by Gasteiger charge is -2.47. The number of aromatic nitrogens is 1. The van der Waals surface area contributed by atoms with E-state index < -0.39 is 13.7 Å². The lowest BCUT2D eigenvalue weighted by atomic mass is 9.76. The van der Waals surface area contributed by atoms with Crippen molar-refractivity contribution in [2.24, 2.45) is 11.3 Å². The number of hydrogen-bond acceptors (Lipinski definition) is 8. The van der Waals surface area contributed by atoms with Gasteiger partial charge in [-0.15, -0.1) is 0 Å². The Morgan fingerprint density at radius 1 is 1.02 bits per heavy atom. The van der Waals surface area contributed by atoms with Crippen LogP contribution in [0, 0.1) is 11.3 Å². The summed E-state index contributed by atoms with van der Waals surface area (Å²) in [5, 5.41) is -0.0173. The number of oxazole rings is 1. The molecule has 248 valence electrons. The Hall–Kier alpha value is -1.57. The zero-order chi connectivity index (χ0) is 33.1. The molecule has 0 spiro atoms. The van der Waals surface area contributed by atoms with Gasteiger partial charge in [-0.3, -0.25) is 0 Å². The molecule has 2 rings (SSSR count). The Bertz CT molecular complexity index is 1160. The van der Waals surface area contributed by atoms with Crippen molar-refractivity contribution in [2.45, 2.75) is 110 Å². The number of nitrogens with zero attached hydrogens (tertiary/aromatic N) is 1. The molecule has 5 atom stereocenters. The van der Waals surface area contributed by atoms with E-state index in [1.807, 2.05) is 41.3 Å². The molecule has 10 heteroatoms. The van der Waals surface area contributed by atoms with Crippen LogP contribution in [0.1, 0.15) is 77.6 Å². The van der Waals surface area contributed by atoms with Gasteiger partial charge in [-0.1, -0.05) is 82.3 Å². The predicted molar refractivity (Wildman–Crippen MR) is 186 cm³/mol. The maximum Gasteiger partial charge on any atom is 0.196 e. The molecule has 0 N–H and O–H groups in total. The molecule has 0 saturated carbocycles. The standard InChI is InChI=1S/C34H54INO7Si/c1-24(21-37)29(40-9)19-30(41-22-25-14-16-26(38-7)17-15-25)34(5,6)31(43-44(10,11)33(2,3)4)20-32-36-27(23-42-32)28(39-8)13-12-18-35/h12,14-18,21,23-24,28-31H,13,19-20,22H2,1-11H3/b18-12+/t24-,28-,29-,30-,31-/m0/s1. The van der Waals surface area contributed by atoms with Gasteiger partial charge in [-0.2, -0.15) is 0 Å². The van der Waals surface area contributed by atoms with Gasteiger partial charge in [0.05, 0.1) is 32.0 Å². The summed E-state index contributed by atoms with van der Waals surface area (Å²) >= 11 is 2.20. The fraction of sp³-hybridized carbons (Fsp3) is 0.647. The summed E-state index contributed by atoms with van der Waals surface area (Å²) < 4.78 is 38.8. The third-order valence-corrected chi connectivity index (χ3v) is 14.0. The molecule has 0 bridgehead atoms. The Balaban J connectivity index is 2.52. The third kappa shape index (κ3) is 10.8. The molecule has 0 aliphatic rings. The van der Waals surface area contributed by atoms with Crippen molar-refractivity contribution in [1.29, 1.82) is 0 Å². The summed E-state index contributed by atoms with van der Waals surface area (Å²) in [5.41, 5.74) is 1.25. The zero-order valence-electron chi connectivity index (χ0n) is 28.5. The van der Waals surface area contributed by atoms with E-state index in [0.717, 1.165) is 23.3 Å². The van der Waals surface area contributed by atoms with Crippen molar-refractivity contribution >= 4 is 37.2 Å². The first kappa shape index (κ1) is 38.6. The Morgan fingerprint density at radius 3 is 2.20 bits per heavy atom. The number of halogens is 1. The van der Waals surface area contributed by atoms with Crippen LogP contribution < -0.4 is 4.74 Å². The molecule has 0 fully saturated rings. The summed E-state index contributed by atoms with van der Waals surface area (Å²) in [6.07, 6.45) is 5.23. The first-order valence-corrected chi connectivity index (χ1v) is 19.4. The van der Waals surface area contributed by atoms with E-state index in [2.05, 4.69) is 70.3 Å². The quantitative estimate of drug-likeness (QED) is 0.0805. The molecule has 2 aromatic rings. The topological polar surface area (TPSA) is 89.3 Å². The van der Waals surface area contributed by atoms with Gasteiger partial charge < -0.3 is 32.6 Å². The highest BCUT2D eigenvalue weighted by Crippen LogP contribution is 2.43. The molecular formula is C34H54INO7Si. The molecule has 0 radical (unpaired) electrons. The first-order valence-electron chi connectivity index (χ1n) is 15.3. The minimum Gasteiger partial charge on any atom is -0.497 e. The second-order valence-electron chi connectivity index (χ2n) is 13.5. The smallest absolute Gasteiger partial charge is 0.196 e. The second kappa shape index (κ2) is 17.4. The van der Waals surface area contributed by atoms with Crippen LogP contribution in [0.15, 0.2) is 45.1 Å². The highest BCUT2D eigenvalue weighted by atomic mass is 127. The minimum atomic E-state index is -2.25. The molecule has 0 saturated heterocycles. The van der Waals surface area contributed by atoms with Crippen LogP contribution in [0.4, 0.5) is 0 Å². The van der Waals surface area contributed by atoms with Crippen LogP contribution in [0.25, 0.3) is 0 Å². The summed E-state index contributed by atoms with van der Waals surface area (Å²) in [7, 11) is 2.73. The summed E-state index contributed by atoms with van der Waals surface area (Å²) in [6, 6.07) is 7.86. The van der Waals surface area contributed by atoms with Crippen LogP contribution in [0.3, 0.4) is 0 Å². The minimum absolute atomic E-state index is 0.0173. The molecule has 0 aliphatic carbocycles. The highest BCUT2D eigenvalue weighted by Gasteiger charge is 2.47. The monoisotopic (exact) mass is 743 g/mol. The second-order valence-corrected chi connectivity index (χ2v) is 19.0. The zero-order valence-corrected chi connectivity index (χ0v) is 31.7. The highest BCUT2D eigenvalue weighted by molar-refractivity contribution is 14.1. The third-order valence-electron chi connectivity index (χ3n) is 9.05. The molecule has 1 heterocycles. The number of rotatable bonds is 19. The largest absolute Gasteiger partial charge is 0.497 e. The number of methoxy groups -OCH3 is 3. The van der Waals surface area contributed by atoms with Crippen molar-refractivity contribution in [1.82, 2.24) is 4.98 Å². The van der Waals surface area contributed by atoms with Gasteiger partial charge >= 0.3 is 0 Å². The van der Waals surface area contributed by atoms with E-state index in [1.54, 1.807) is 27.6 Å². The van der Waals surface area contributed by atoms with Gasteiger partial charge in [-0.25, -0.2) is 4.98 Å². The molecule has 0 amide bonds. The van der Waals surface area contributed by atoms with Gasteiger partial charge in [0.15, 0.2) is 14.2 Å². The summed E-state index contributed by atoms with van der Waals surface area (Å²) in [4.78, 5) is 16.7. The molecular weight excluding hydrogens is 689 g/mol. The van der Waals surface area contributed by atoms with Crippen molar-refractivity contribution in [3.63, 3.8) is 0 Å². The molecule has 1 aromatic carbocycles. The van der Waals surface area contributed by atoms with E-state index in [4.69, 9.17) is 32.8 Å². The predicted octanol–water partition coefficient (Wildman–Crippen LogP) is 8.49. The number of benzene rings is 1. The van der Waals surface area contributed by atoms with Crippen molar-refractivity contribution in [3.05, 3.63) is 57.8 Å². The Labute approximate surface area is 279 Å².